The van der Waals surface area contributed by atoms with Crippen LogP contribution < -0.4 is 4.74 Å². The third kappa shape index (κ3) is 3.72. The molecule has 2 aromatic heterocycles. The maximum absolute atomic E-state index is 12.3. The topological polar surface area (TPSA) is 81.6 Å². The molecule has 0 unspecified atom stereocenters. The standard InChI is InChI=1S/C20H21N3O4/c1-13(2)14-5-7-16(8-6-14)26-12-18(24)23-10-15(11-23)20-21-19(22-27-20)17-4-3-9-25-17/h3-9,13,15H,10-12H2,1-2H3. The van der Waals surface area contributed by atoms with E-state index in [4.69, 9.17) is 13.7 Å². The van der Waals surface area contributed by atoms with Crippen molar-refractivity contribution in [2.75, 3.05) is 19.7 Å². The van der Waals surface area contributed by atoms with Gasteiger partial charge in [0, 0.05) is 13.1 Å². The van der Waals surface area contributed by atoms with E-state index in [1.807, 2.05) is 24.3 Å². The van der Waals surface area contributed by atoms with E-state index in [1.54, 1.807) is 23.3 Å². The van der Waals surface area contributed by atoms with Crippen LogP contribution in [0.15, 0.2) is 51.6 Å². The first-order valence-corrected chi connectivity index (χ1v) is 8.98. The predicted molar refractivity (Wildman–Crippen MR) is 97.3 cm³/mol. The number of amides is 1. The van der Waals surface area contributed by atoms with Crippen LogP contribution in [0.1, 0.15) is 37.1 Å². The van der Waals surface area contributed by atoms with Crippen LogP contribution in [0.2, 0.25) is 0 Å². The molecular formula is C20H21N3O4. The minimum atomic E-state index is -0.0510. The molecule has 4 rings (SSSR count). The molecule has 27 heavy (non-hydrogen) atoms. The molecule has 0 atom stereocenters. The molecule has 3 aromatic rings. The average molecular weight is 367 g/mol. The van der Waals surface area contributed by atoms with Gasteiger partial charge in [-0.05, 0) is 35.7 Å². The van der Waals surface area contributed by atoms with Crippen molar-refractivity contribution in [2.45, 2.75) is 25.7 Å². The third-order valence-corrected chi connectivity index (χ3v) is 4.68. The van der Waals surface area contributed by atoms with Gasteiger partial charge in [0.05, 0.1) is 12.2 Å². The van der Waals surface area contributed by atoms with Crippen LogP contribution in [0.3, 0.4) is 0 Å². The highest BCUT2D eigenvalue weighted by atomic mass is 16.5. The fourth-order valence-electron chi connectivity index (χ4n) is 2.93. The number of furan rings is 1. The summed E-state index contributed by atoms with van der Waals surface area (Å²) in [5.74, 6) is 2.68. The number of rotatable bonds is 6. The highest BCUT2D eigenvalue weighted by Gasteiger charge is 2.35. The Labute approximate surface area is 156 Å². The number of nitrogens with zero attached hydrogens (tertiary/aromatic N) is 3. The Morgan fingerprint density at radius 1 is 1.26 bits per heavy atom. The summed E-state index contributed by atoms with van der Waals surface area (Å²) in [7, 11) is 0. The van der Waals surface area contributed by atoms with E-state index < -0.39 is 0 Å². The number of ether oxygens (including phenoxy) is 1. The molecule has 3 heterocycles. The van der Waals surface area contributed by atoms with E-state index in [9.17, 15) is 4.79 Å². The summed E-state index contributed by atoms with van der Waals surface area (Å²) in [6, 6.07) is 11.4. The molecule has 1 aliphatic heterocycles. The molecule has 1 saturated heterocycles. The number of aromatic nitrogens is 2. The molecule has 0 radical (unpaired) electrons. The van der Waals surface area contributed by atoms with E-state index in [1.165, 1.54) is 5.56 Å². The summed E-state index contributed by atoms with van der Waals surface area (Å²) in [5.41, 5.74) is 1.24. The maximum Gasteiger partial charge on any atom is 0.260 e. The second kappa shape index (κ2) is 7.26. The third-order valence-electron chi connectivity index (χ3n) is 4.68. The van der Waals surface area contributed by atoms with Gasteiger partial charge in [0.15, 0.2) is 12.4 Å². The van der Waals surface area contributed by atoms with Crippen molar-refractivity contribution in [1.82, 2.24) is 15.0 Å². The van der Waals surface area contributed by atoms with E-state index in [-0.39, 0.29) is 18.4 Å². The Kier molecular flexibility index (Phi) is 4.66. The number of hydrogen-bond acceptors (Lipinski definition) is 6. The van der Waals surface area contributed by atoms with Crippen LogP contribution in [0.5, 0.6) is 5.75 Å². The van der Waals surface area contributed by atoms with Crippen LogP contribution >= 0.6 is 0 Å². The molecule has 0 N–H and O–H groups in total. The lowest BCUT2D eigenvalue weighted by atomic mass is 10.0. The van der Waals surface area contributed by atoms with Crippen LogP contribution in [-0.4, -0.2) is 40.6 Å². The summed E-state index contributed by atoms with van der Waals surface area (Å²) in [6.07, 6.45) is 1.56. The van der Waals surface area contributed by atoms with Gasteiger partial charge < -0.3 is 18.6 Å². The molecular weight excluding hydrogens is 346 g/mol. The van der Waals surface area contributed by atoms with Crippen molar-refractivity contribution in [3.63, 3.8) is 0 Å². The zero-order valence-corrected chi connectivity index (χ0v) is 15.3. The largest absolute Gasteiger partial charge is 0.484 e. The van der Waals surface area contributed by atoms with Crippen LogP contribution in [0.4, 0.5) is 0 Å². The predicted octanol–water partition coefficient (Wildman–Crippen LogP) is 3.46. The molecule has 0 aliphatic carbocycles. The Bertz CT molecular complexity index is 894. The van der Waals surface area contributed by atoms with Crippen molar-refractivity contribution in [2.24, 2.45) is 0 Å². The minimum Gasteiger partial charge on any atom is -0.484 e. The van der Waals surface area contributed by atoms with Gasteiger partial charge in [-0.15, -0.1) is 0 Å². The molecule has 0 saturated carbocycles. The van der Waals surface area contributed by atoms with Gasteiger partial charge in [-0.25, -0.2) is 0 Å². The Morgan fingerprint density at radius 3 is 2.70 bits per heavy atom. The summed E-state index contributed by atoms with van der Waals surface area (Å²) in [5, 5.41) is 3.92. The van der Waals surface area contributed by atoms with Crippen molar-refractivity contribution in [3.05, 3.63) is 54.1 Å². The maximum atomic E-state index is 12.3. The number of carbonyl (C=O) groups is 1. The molecule has 1 aliphatic rings. The fourth-order valence-corrected chi connectivity index (χ4v) is 2.93. The smallest absolute Gasteiger partial charge is 0.260 e. The quantitative estimate of drug-likeness (QED) is 0.664. The normalized spacial score (nSPS) is 14.4. The van der Waals surface area contributed by atoms with Crippen LogP contribution in [0, 0.1) is 0 Å². The first-order chi connectivity index (χ1) is 13.1. The zero-order valence-electron chi connectivity index (χ0n) is 15.3. The van der Waals surface area contributed by atoms with Crippen molar-refractivity contribution < 1.29 is 18.5 Å². The molecule has 7 heteroatoms. The SMILES string of the molecule is CC(C)c1ccc(OCC(=O)N2CC(c3nc(-c4ccco4)no3)C2)cc1. The van der Waals surface area contributed by atoms with Gasteiger partial charge in [-0.2, -0.15) is 4.98 Å². The molecule has 0 bridgehead atoms. The van der Waals surface area contributed by atoms with Gasteiger partial charge in [0.25, 0.3) is 5.91 Å². The fraction of sp³-hybridized carbons (Fsp3) is 0.350. The first kappa shape index (κ1) is 17.3. The molecule has 7 nitrogen and oxygen atoms in total. The second-order valence-electron chi connectivity index (χ2n) is 6.94. The van der Waals surface area contributed by atoms with Gasteiger partial charge in [-0.1, -0.05) is 31.1 Å². The van der Waals surface area contributed by atoms with Crippen LogP contribution in [-0.2, 0) is 4.79 Å². The number of carbonyl (C=O) groups excluding carboxylic acids is 1. The first-order valence-electron chi connectivity index (χ1n) is 8.98. The van der Waals surface area contributed by atoms with E-state index in [0.717, 1.165) is 0 Å². The number of hydrogen-bond donors (Lipinski definition) is 0. The van der Waals surface area contributed by atoms with Gasteiger partial charge in [0.2, 0.25) is 11.7 Å². The molecule has 1 fully saturated rings. The summed E-state index contributed by atoms with van der Waals surface area (Å²) in [4.78, 5) is 18.3. The van der Waals surface area contributed by atoms with Gasteiger partial charge in [-0.3, -0.25) is 4.79 Å². The summed E-state index contributed by atoms with van der Waals surface area (Å²) in [6.45, 7) is 5.40. The Morgan fingerprint density at radius 2 is 2.04 bits per heavy atom. The average Bonchev–Trinajstić information content (AvgIpc) is 3.30. The lowest BCUT2D eigenvalue weighted by molar-refractivity contribution is -0.138. The second-order valence-corrected chi connectivity index (χ2v) is 6.94. The highest BCUT2D eigenvalue weighted by Crippen LogP contribution is 2.28. The number of benzene rings is 1. The van der Waals surface area contributed by atoms with Crippen molar-refractivity contribution in [3.8, 4) is 17.3 Å². The summed E-state index contributed by atoms with van der Waals surface area (Å²) >= 11 is 0. The molecule has 1 amide bonds. The number of likely N-dealkylation sites (tertiary alicyclic amines) is 1. The molecule has 1 aromatic carbocycles. The zero-order chi connectivity index (χ0) is 18.8. The summed E-state index contributed by atoms with van der Waals surface area (Å²) < 4.78 is 16.1. The van der Waals surface area contributed by atoms with Gasteiger partial charge >= 0.3 is 0 Å². The minimum absolute atomic E-state index is 0.0230. The Hall–Kier alpha value is -3.09. The molecule has 0 spiro atoms. The van der Waals surface area contributed by atoms with Crippen molar-refractivity contribution in [1.29, 1.82) is 0 Å². The van der Waals surface area contributed by atoms with E-state index >= 15 is 0 Å². The van der Waals surface area contributed by atoms with E-state index in [2.05, 4.69) is 24.0 Å². The molecule has 140 valence electrons. The Balaban J connectivity index is 1.26. The van der Waals surface area contributed by atoms with E-state index in [0.29, 0.717) is 42.2 Å². The van der Waals surface area contributed by atoms with Crippen molar-refractivity contribution >= 4 is 5.91 Å². The van der Waals surface area contributed by atoms with Gasteiger partial charge in [0.1, 0.15) is 5.75 Å². The lowest BCUT2D eigenvalue weighted by Gasteiger charge is -2.36. The highest BCUT2D eigenvalue weighted by molar-refractivity contribution is 5.78. The van der Waals surface area contributed by atoms with Crippen LogP contribution in [0.25, 0.3) is 11.6 Å². The monoisotopic (exact) mass is 367 g/mol. The lowest BCUT2D eigenvalue weighted by Crippen LogP contribution is -2.50.